The van der Waals surface area contributed by atoms with Gasteiger partial charge in [0.05, 0.1) is 4.90 Å². The first kappa shape index (κ1) is 24.2. The van der Waals surface area contributed by atoms with Crippen LogP contribution in [0.2, 0.25) is 0 Å². The van der Waals surface area contributed by atoms with Crippen molar-refractivity contribution in [3.05, 3.63) is 72.3 Å². The number of hydrogen-bond donors (Lipinski definition) is 2. The second-order valence-corrected chi connectivity index (χ2v) is 10.7. The van der Waals surface area contributed by atoms with Gasteiger partial charge in [-0.2, -0.15) is 0 Å². The normalized spacial score (nSPS) is 18.3. The van der Waals surface area contributed by atoms with Gasteiger partial charge in [0.15, 0.2) is 9.84 Å². The Labute approximate surface area is 190 Å². The van der Waals surface area contributed by atoms with E-state index in [1.54, 1.807) is 12.1 Å². The number of nitrogens with zero attached hydrogens (tertiary/aromatic N) is 1. The van der Waals surface area contributed by atoms with Gasteiger partial charge in [-0.25, -0.2) is 8.42 Å². The summed E-state index contributed by atoms with van der Waals surface area (Å²) in [5.74, 6) is 0.0837. The van der Waals surface area contributed by atoms with Gasteiger partial charge in [-0.3, -0.25) is 9.69 Å². The molecule has 1 saturated heterocycles. The molecule has 0 aliphatic carbocycles. The lowest BCUT2D eigenvalue weighted by Crippen LogP contribution is -2.46. The molecule has 1 fully saturated rings. The maximum atomic E-state index is 13.4. The molecule has 0 radical (unpaired) electrons. The van der Waals surface area contributed by atoms with Crippen molar-refractivity contribution in [2.24, 2.45) is 5.92 Å². The van der Waals surface area contributed by atoms with Gasteiger partial charge in [-0.15, -0.1) is 6.58 Å². The third-order valence-corrected chi connectivity index (χ3v) is 7.99. The Morgan fingerprint density at radius 3 is 2.59 bits per heavy atom. The second-order valence-electron chi connectivity index (χ2n) is 8.62. The zero-order chi connectivity index (χ0) is 23.3. The first-order valence-electron chi connectivity index (χ1n) is 11.0. The van der Waals surface area contributed by atoms with Crippen molar-refractivity contribution in [2.75, 3.05) is 25.0 Å². The number of amides is 1. The van der Waals surface area contributed by atoms with E-state index >= 15 is 0 Å². The van der Waals surface area contributed by atoms with Crippen molar-refractivity contribution in [3.8, 4) is 0 Å². The van der Waals surface area contributed by atoms with Crippen LogP contribution in [0.5, 0.6) is 0 Å². The molecule has 2 aromatic rings. The molecule has 0 aromatic heterocycles. The summed E-state index contributed by atoms with van der Waals surface area (Å²) >= 11 is 0. The van der Waals surface area contributed by atoms with E-state index in [2.05, 4.69) is 25.7 Å². The zero-order valence-electron chi connectivity index (χ0n) is 18.7. The summed E-state index contributed by atoms with van der Waals surface area (Å²) in [5, 5.41) is 11.4. The molecule has 1 heterocycles. The number of sulfone groups is 1. The van der Waals surface area contributed by atoms with Crippen LogP contribution in [0, 0.1) is 5.92 Å². The Morgan fingerprint density at radius 2 is 1.97 bits per heavy atom. The van der Waals surface area contributed by atoms with Gasteiger partial charge in [-0.05, 0) is 67.1 Å². The van der Waals surface area contributed by atoms with Gasteiger partial charge < -0.3 is 10.4 Å². The largest absolute Gasteiger partial charge is 0.396 e. The number of nitrogens with one attached hydrogen (secondary N) is 1. The number of aliphatic hydroxyl groups is 1. The summed E-state index contributed by atoms with van der Waals surface area (Å²) in [6.07, 6.45) is 3.13. The molecule has 7 heteroatoms. The maximum Gasteiger partial charge on any atom is 0.255 e. The van der Waals surface area contributed by atoms with Gasteiger partial charge in [-0.1, -0.05) is 38.1 Å². The number of carbonyl (C=O) groups excluding carboxylic acids is 1. The highest BCUT2D eigenvalue weighted by molar-refractivity contribution is 7.92. The topological polar surface area (TPSA) is 86.7 Å². The molecule has 3 rings (SSSR count). The summed E-state index contributed by atoms with van der Waals surface area (Å²) < 4.78 is 26.8. The van der Waals surface area contributed by atoms with Crippen LogP contribution in [0.4, 0.5) is 5.69 Å². The lowest BCUT2D eigenvalue weighted by molar-refractivity contribution is 0.102. The van der Waals surface area contributed by atoms with Gasteiger partial charge in [0, 0.05) is 24.4 Å². The van der Waals surface area contributed by atoms with Gasteiger partial charge in [0.1, 0.15) is 5.37 Å². The van der Waals surface area contributed by atoms with Crippen LogP contribution in [0.25, 0.3) is 0 Å². The molecule has 172 valence electrons. The Morgan fingerprint density at radius 1 is 1.25 bits per heavy atom. The van der Waals surface area contributed by atoms with Crippen LogP contribution in [-0.4, -0.2) is 49.4 Å². The summed E-state index contributed by atoms with van der Waals surface area (Å²) in [6, 6.07) is 13.7. The van der Waals surface area contributed by atoms with Crippen molar-refractivity contribution < 1.29 is 18.3 Å². The van der Waals surface area contributed by atoms with Crippen LogP contribution in [0.1, 0.15) is 48.5 Å². The molecular weight excluding hydrogens is 424 g/mol. The standard InChI is InChI=1S/C25H32N2O4S/c1-4-24(27-14-6-7-19(16-27)17-28)32(30,31)23-9-5-8-21(15-23)25(29)26-22-12-10-20(11-13-22)18(2)3/h4-5,8-13,15,18-19,24,28H,1,6-7,14,16-17H2,2-3H3,(H,26,29). The number of likely N-dealkylation sites (tertiary alicyclic amines) is 1. The average Bonchev–Trinajstić information content (AvgIpc) is 2.80. The van der Waals surface area contributed by atoms with Crippen LogP contribution in [0.15, 0.2) is 66.1 Å². The molecule has 2 atom stereocenters. The summed E-state index contributed by atoms with van der Waals surface area (Å²) in [7, 11) is -3.78. The van der Waals surface area contributed by atoms with Gasteiger partial charge >= 0.3 is 0 Å². The van der Waals surface area contributed by atoms with E-state index in [1.807, 2.05) is 29.2 Å². The number of benzene rings is 2. The molecule has 0 saturated carbocycles. The Balaban J connectivity index is 1.80. The average molecular weight is 457 g/mol. The van der Waals surface area contributed by atoms with Crippen molar-refractivity contribution >= 4 is 21.4 Å². The number of anilines is 1. The van der Waals surface area contributed by atoms with E-state index in [-0.39, 0.29) is 28.9 Å². The summed E-state index contributed by atoms with van der Waals surface area (Å²) in [4.78, 5) is 14.7. The second kappa shape index (κ2) is 10.4. The van der Waals surface area contributed by atoms with Gasteiger partial charge in [0.25, 0.3) is 5.91 Å². The van der Waals surface area contributed by atoms with Crippen LogP contribution in [0.3, 0.4) is 0 Å². The fraction of sp³-hybridized carbons (Fsp3) is 0.400. The molecule has 1 amide bonds. The Bertz CT molecular complexity index is 1050. The van der Waals surface area contributed by atoms with Gasteiger partial charge in [0.2, 0.25) is 0 Å². The third kappa shape index (κ3) is 5.46. The molecule has 0 bridgehead atoms. The number of piperidine rings is 1. The summed E-state index contributed by atoms with van der Waals surface area (Å²) in [6.45, 7) is 9.11. The molecule has 1 aliphatic heterocycles. The van der Waals surface area contributed by atoms with Crippen molar-refractivity contribution in [2.45, 2.75) is 42.9 Å². The highest BCUT2D eigenvalue weighted by Crippen LogP contribution is 2.26. The fourth-order valence-corrected chi connectivity index (χ4v) is 5.73. The van der Waals surface area contributed by atoms with Crippen LogP contribution in [-0.2, 0) is 9.84 Å². The highest BCUT2D eigenvalue weighted by Gasteiger charge is 2.33. The molecule has 0 spiro atoms. The lowest BCUT2D eigenvalue weighted by atomic mass is 9.99. The van der Waals surface area contributed by atoms with Crippen molar-refractivity contribution in [1.82, 2.24) is 4.90 Å². The van der Waals surface area contributed by atoms with E-state index in [0.717, 1.165) is 12.8 Å². The molecular formula is C25H32N2O4S. The number of aliphatic hydroxyl groups excluding tert-OH is 1. The summed E-state index contributed by atoms with van der Waals surface area (Å²) in [5.41, 5.74) is 2.10. The third-order valence-electron chi connectivity index (χ3n) is 5.95. The number of carbonyl (C=O) groups is 1. The number of rotatable bonds is 8. The Kier molecular flexibility index (Phi) is 7.87. The molecule has 2 unspecified atom stereocenters. The van der Waals surface area contributed by atoms with Crippen LogP contribution < -0.4 is 5.32 Å². The molecule has 2 aromatic carbocycles. The first-order valence-corrected chi connectivity index (χ1v) is 12.5. The fourth-order valence-electron chi connectivity index (χ4n) is 4.06. The van der Waals surface area contributed by atoms with E-state index in [9.17, 15) is 18.3 Å². The Hall–Kier alpha value is -2.48. The molecule has 2 N–H and O–H groups in total. The van der Waals surface area contributed by atoms with Crippen LogP contribution >= 0.6 is 0 Å². The van der Waals surface area contributed by atoms with E-state index in [4.69, 9.17) is 0 Å². The SMILES string of the molecule is C=CC(N1CCCC(CO)C1)S(=O)(=O)c1cccc(C(=O)Nc2ccc(C(C)C)cc2)c1. The smallest absolute Gasteiger partial charge is 0.255 e. The number of hydrogen-bond acceptors (Lipinski definition) is 5. The first-order chi connectivity index (χ1) is 15.3. The van der Waals surface area contributed by atoms with Crippen molar-refractivity contribution in [3.63, 3.8) is 0 Å². The minimum Gasteiger partial charge on any atom is -0.396 e. The van der Waals surface area contributed by atoms with E-state index < -0.39 is 15.2 Å². The molecule has 6 nitrogen and oxygen atoms in total. The highest BCUT2D eigenvalue weighted by atomic mass is 32.2. The lowest BCUT2D eigenvalue weighted by Gasteiger charge is -2.36. The minimum absolute atomic E-state index is 0.0359. The zero-order valence-corrected chi connectivity index (χ0v) is 19.5. The van der Waals surface area contributed by atoms with Crippen molar-refractivity contribution in [1.29, 1.82) is 0 Å². The minimum atomic E-state index is -3.78. The quantitative estimate of drug-likeness (QED) is 0.585. The predicted octanol–water partition coefficient (Wildman–Crippen LogP) is 4.05. The van der Waals surface area contributed by atoms with E-state index in [0.29, 0.717) is 24.7 Å². The predicted molar refractivity (Wildman–Crippen MR) is 127 cm³/mol. The monoisotopic (exact) mass is 456 g/mol. The van der Waals surface area contributed by atoms with E-state index in [1.165, 1.54) is 23.8 Å². The maximum absolute atomic E-state index is 13.4. The molecule has 32 heavy (non-hydrogen) atoms. The molecule has 1 aliphatic rings.